The van der Waals surface area contributed by atoms with E-state index in [1.54, 1.807) is 0 Å². The van der Waals surface area contributed by atoms with Gasteiger partial charge in [0, 0.05) is 6.54 Å². The average Bonchev–Trinajstić information content (AvgIpc) is 1.88. The predicted octanol–water partition coefficient (Wildman–Crippen LogP) is 1.88. The van der Waals surface area contributed by atoms with Crippen LogP contribution in [0.3, 0.4) is 0 Å². The first-order chi connectivity index (χ1) is 5.11. The van der Waals surface area contributed by atoms with Crippen LogP contribution in [-0.2, 0) is 0 Å². The van der Waals surface area contributed by atoms with Gasteiger partial charge in [0.15, 0.2) is 0 Å². The van der Waals surface area contributed by atoms with Crippen LogP contribution in [0.4, 0.5) is 0 Å². The van der Waals surface area contributed by atoms with E-state index in [2.05, 4.69) is 24.8 Å². The molecule has 11 heavy (non-hydrogen) atoms. The number of nitriles is 1. The quantitative estimate of drug-likeness (QED) is 0.618. The summed E-state index contributed by atoms with van der Waals surface area (Å²) in [5.74, 6) is 0.641. The molecule has 0 aromatic carbocycles. The Balaban J connectivity index is 3.81. The SMILES string of the molecule is CCC(C#N)N(C)CC(C)C. The standard InChI is InChI=1S/C9H18N2/c1-5-9(6-10)11(4)7-8(2)3/h8-9H,5,7H2,1-4H3. The van der Waals surface area contributed by atoms with Crippen molar-refractivity contribution in [3.8, 4) is 6.07 Å². The molecule has 0 aliphatic carbocycles. The maximum Gasteiger partial charge on any atom is 0.0972 e. The van der Waals surface area contributed by atoms with E-state index in [4.69, 9.17) is 5.26 Å². The second-order valence-corrected chi connectivity index (χ2v) is 3.39. The summed E-state index contributed by atoms with van der Waals surface area (Å²) in [4.78, 5) is 2.12. The van der Waals surface area contributed by atoms with Gasteiger partial charge in [-0.1, -0.05) is 20.8 Å². The molecule has 0 saturated carbocycles. The summed E-state index contributed by atoms with van der Waals surface area (Å²) in [5.41, 5.74) is 0. The van der Waals surface area contributed by atoms with Gasteiger partial charge in [0.2, 0.25) is 0 Å². The van der Waals surface area contributed by atoms with Crippen LogP contribution in [0.5, 0.6) is 0 Å². The normalized spacial score (nSPS) is 13.5. The van der Waals surface area contributed by atoms with Crippen molar-refractivity contribution in [1.82, 2.24) is 4.90 Å². The summed E-state index contributed by atoms with van der Waals surface area (Å²) < 4.78 is 0. The molecule has 0 radical (unpaired) electrons. The molecule has 0 aliphatic rings. The highest BCUT2D eigenvalue weighted by molar-refractivity contribution is 4.89. The molecule has 0 rings (SSSR count). The second-order valence-electron chi connectivity index (χ2n) is 3.39. The van der Waals surface area contributed by atoms with Gasteiger partial charge in [-0.05, 0) is 19.4 Å². The molecule has 0 aliphatic heterocycles. The van der Waals surface area contributed by atoms with Crippen LogP contribution in [0.1, 0.15) is 27.2 Å². The highest BCUT2D eigenvalue weighted by Crippen LogP contribution is 2.03. The van der Waals surface area contributed by atoms with E-state index in [1.807, 2.05) is 14.0 Å². The highest BCUT2D eigenvalue weighted by Gasteiger charge is 2.11. The van der Waals surface area contributed by atoms with E-state index >= 15 is 0 Å². The molecule has 1 unspecified atom stereocenters. The first-order valence-electron chi connectivity index (χ1n) is 4.21. The summed E-state index contributed by atoms with van der Waals surface area (Å²) in [7, 11) is 2.01. The Morgan fingerprint density at radius 1 is 1.45 bits per heavy atom. The molecule has 0 amide bonds. The van der Waals surface area contributed by atoms with E-state index in [9.17, 15) is 0 Å². The van der Waals surface area contributed by atoms with E-state index in [-0.39, 0.29) is 6.04 Å². The lowest BCUT2D eigenvalue weighted by Crippen LogP contribution is -2.32. The van der Waals surface area contributed by atoms with Crippen LogP contribution in [0, 0.1) is 17.2 Å². The molecule has 0 spiro atoms. The Hall–Kier alpha value is -0.550. The van der Waals surface area contributed by atoms with Crippen molar-refractivity contribution in [3.63, 3.8) is 0 Å². The summed E-state index contributed by atoms with van der Waals surface area (Å²) in [6.45, 7) is 7.39. The van der Waals surface area contributed by atoms with Gasteiger partial charge in [-0.25, -0.2) is 0 Å². The molecular weight excluding hydrogens is 136 g/mol. The monoisotopic (exact) mass is 154 g/mol. The van der Waals surface area contributed by atoms with E-state index < -0.39 is 0 Å². The van der Waals surface area contributed by atoms with Crippen LogP contribution in [0.25, 0.3) is 0 Å². The predicted molar refractivity (Wildman–Crippen MR) is 47.2 cm³/mol. The van der Waals surface area contributed by atoms with E-state index in [0.717, 1.165) is 13.0 Å². The van der Waals surface area contributed by atoms with Crippen LogP contribution >= 0.6 is 0 Å². The first-order valence-corrected chi connectivity index (χ1v) is 4.21. The first kappa shape index (κ1) is 10.4. The van der Waals surface area contributed by atoms with Gasteiger partial charge in [-0.3, -0.25) is 4.90 Å². The maximum absolute atomic E-state index is 8.72. The van der Waals surface area contributed by atoms with Gasteiger partial charge in [0.05, 0.1) is 12.1 Å². The third-order valence-electron chi connectivity index (χ3n) is 1.72. The van der Waals surface area contributed by atoms with Gasteiger partial charge in [-0.15, -0.1) is 0 Å². The van der Waals surface area contributed by atoms with Crippen LogP contribution in [-0.4, -0.2) is 24.5 Å². The summed E-state index contributed by atoms with van der Waals surface area (Å²) >= 11 is 0. The minimum atomic E-state index is 0.0948. The molecule has 2 nitrogen and oxygen atoms in total. The van der Waals surface area contributed by atoms with Crippen molar-refractivity contribution in [1.29, 1.82) is 5.26 Å². The third kappa shape index (κ3) is 4.00. The highest BCUT2D eigenvalue weighted by atomic mass is 15.1. The molecular formula is C9H18N2. The van der Waals surface area contributed by atoms with E-state index in [1.165, 1.54) is 0 Å². The largest absolute Gasteiger partial charge is 0.291 e. The second kappa shape index (κ2) is 5.15. The fraction of sp³-hybridized carbons (Fsp3) is 0.889. The summed E-state index contributed by atoms with van der Waals surface area (Å²) in [6, 6.07) is 2.38. The summed E-state index contributed by atoms with van der Waals surface area (Å²) in [5, 5.41) is 8.72. The molecule has 0 N–H and O–H groups in total. The van der Waals surface area contributed by atoms with Crippen molar-refractivity contribution in [2.45, 2.75) is 33.2 Å². The smallest absolute Gasteiger partial charge is 0.0972 e. The van der Waals surface area contributed by atoms with Crippen LogP contribution in [0.2, 0.25) is 0 Å². The number of hydrogen-bond acceptors (Lipinski definition) is 2. The molecule has 2 heteroatoms. The minimum absolute atomic E-state index is 0.0948. The zero-order valence-corrected chi connectivity index (χ0v) is 7.96. The van der Waals surface area contributed by atoms with Gasteiger partial charge in [-0.2, -0.15) is 5.26 Å². The summed E-state index contributed by atoms with van der Waals surface area (Å²) in [6.07, 6.45) is 0.916. The molecule has 0 aromatic rings. The van der Waals surface area contributed by atoms with Crippen molar-refractivity contribution in [3.05, 3.63) is 0 Å². The van der Waals surface area contributed by atoms with Crippen LogP contribution < -0.4 is 0 Å². The molecule has 64 valence electrons. The molecule has 0 bridgehead atoms. The molecule has 1 atom stereocenters. The zero-order valence-electron chi connectivity index (χ0n) is 7.96. The van der Waals surface area contributed by atoms with Gasteiger partial charge in [0.25, 0.3) is 0 Å². The number of nitrogens with zero attached hydrogens (tertiary/aromatic N) is 2. The minimum Gasteiger partial charge on any atom is -0.291 e. The topological polar surface area (TPSA) is 27.0 Å². The molecule has 0 heterocycles. The van der Waals surface area contributed by atoms with Crippen LogP contribution in [0.15, 0.2) is 0 Å². The van der Waals surface area contributed by atoms with Crippen molar-refractivity contribution >= 4 is 0 Å². The molecule has 0 aromatic heterocycles. The lowest BCUT2D eigenvalue weighted by atomic mass is 10.1. The van der Waals surface area contributed by atoms with E-state index in [0.29, 0.717) is 5.92 Å². The Morgan fingerprint density at radius 2 is 2.00 bits per heavy atom. The number of hydrogen-bond donors (Lipinski definition) is 0. The lowest BCUT2D eigenvalue weighted by Gasteiger charge is -2.22. The fourth-order valence-electron chi connectivity index (χ4n) is 1.20. The maximum atomic E-state index is 8.72. The Kier molecular flexibility index (Phi) is 4.89. The van der Waals surface area contributed by atoms with Gasteiger partial charge < -0.3 is 0 Å². The molecule has 0 saturated heterocycles. The fourth-order valence-corrected chi connectivity index (χ4v) is 1.20. The Labute approximate surface area is 69.8 Å². The zero-order chi connectivity index (χ0) is 8.85. The number of rotatable bonds is 4. The third-order valence-corrected chi connectivity index (χ3v) is 1.72. The molecule has 0 fully saturated rings. The van der Waals surface area contributed by atoms with Gasteiger partial charge in [0.1, 0.15) is 0 Å². The Bertz CT molecular complexity index is 135. The van der Waals surface area contributed by atoms with Crippen molar-refractivity contribution in [2.24, 2.45) is 5.92 Å². The lowest BCUT2D eigenvalue weighted by molar-refractivity contribution is 0.251. The average molecular weight is 154 g/mol. The van der Waals surface area contributed by atoms with Crippen molar-refractivity contribution in [2.75, 3.05) is 13.6 Å². The van der Waals surface area contributed by atoms with Gasteiger partial charge >= 0.3 is 0 Å². The van der Waals surface area contributed by atoms with Crippen molar-refractivity contribution < 1.29 is 0 Å². The Morgan fingerprint density at radius 3 is 2.27 bits per heavy atom.